The maximum atomic E-state index is 13.1. The van der Waals surface area contributed by atoms with Gasteiger partial charge in [-0.25, -0.2) is 9.59 Å². The lowest BCUT2D eigenvalue weighted by molar-refractivity contribution is 0.0222. The SMILES string of the molecule is O=C(O)c1c(N=C=S)ccc2c1C(=O)OC21c2ccc(O)cc2Oc2cc(O)ccc21. The summed E-state index contributed by atoms with van der Waals surface area (Å²) in [5.41, 5.74) is -1.07. The standard InChI is InChI=1S/C22H11NO7S/c24-10-1-3-12-16(7-10)29-17-8-11(25)2-4-13(17)22(12)14-5-6-15(23-9-31)19(20(26)27)18(14)21(28)30-22/h1-8,24-25H,(H,26,27). The molecule has 3 N–H and O–H groups in total. The van der Waals surface area contributed by atoms with Crippen LogP contribution in [0.5, 0.6) is 23.0 Å². The lowest BCUT2D eigenvalue weighted by Crippen LogP contribution is -2.32. The number of aromatic hydroxyl groups is 2. The Kier molecular flexibility index (Phi) is 3.88. The fourth-order valence-corrected chi connectivity index (χ4v) is 4.24. The van der Waals surface area contributed by atoms with E-state index >= 15 is 0 Å². The number of carbonyl (C=O) groups excluding carboxylic acids is 1. The lowest BCUT2D eigenvalue weighted by Gasteiger charge is -2.36. The van der Waals surface area contributed by atoms with Gasteiger partial charge in [-0.15, -0.1) is 0 Å². The van der Waals surface area contributed by atoms with E-state index in [1.807, 2.05) is 0 Å². The number of aromatic carboxylic acids is 1. The second-order valence-corrected chi connectivity index (χ2v) is 7.11. The molecule has 0 amide bonds. The molecule has 31 heavy (non-hydrogen) atoms. The highest BCUT2D eigenvalue weighted by Gasteiger charge is 2.55. The van der Waals surface area contributed by atoms with E-state index in [1.54, 1.807) is 0 Å². The van der Waals surface area contributed by atoms with Crippen molar-refractivity contribution in [2.24, 2.45) is 4.99 Å². The van der Waals surface area contributed by atoms with E-state index in [0.717, 1.165) is 0 Å². The maximum Gasteiger partial charge on any atom is 0.341 e. The van der Waals surface area contributed by atoms with Crippen molar-refractivity contribution in [3.05, 3.63) is 76.3 Å². The highest BCUT2D eigenvalue weighted by molar-refractivity contribution is 7.78. The van der Waals surface area contributed by atoms with Crippen LogP contribution in [0.4, 0.5) is 5.69 Å². The fraction of sp³-hybridized carbons (Fsp3) is 0.0455. The number of phenolic OH excluding ortho intramolecular Hbond substituents is 2. The van der Waals surface area contributed by atoms with E-state index in [-0.39, 0.29) is 45.4 Å². The number of carbonyl (C=O) groups is 2. The molecule has 3 aromatic carbocycles. The Hall–Kier alpha value is -4.20. The average molecular weight is 433 g/mol. The van der Waals surface area contributed by atoms with E-state index < -0.39 is 17.5 Å². The molecule has 0 aliphatic carbocycles. The Balaban J connectivity index is 1.92. The zero-order chi connectivity index (χ0) is 21.9. The van der Waals surface area contributed by atoms with Gasteiger partial charge in [0.25, 0.3) is 0 Å². The van der Waals surface area contributed by atoms with E-state index in [1.165, 1.54) is 48.5 Å². The molecular formula is C22H11NO7S. The number of carboxylic acid groups (broad SMARTS) is 1. The number of phenols is 2. The van der Waals surface area contributed by atoms with Crippen LogP contribution in [-0.4, -0.2) is 32.4 Å². The molecule has 0 bridgehead atoms. The minimum absolute atomic E-state index is 0.0285. The van der Waals surface area contributed by atoms with Crippen LogP contribution in [0, 0.1) is 0 Å². The van der Waals surface area contributed by atoms with Crippen molar-refractivity contribution in [2.75, 3.05) is 0 Å². The molecule has 0 aromatic heterocycles. The minimum Gasteiger partial charge on any atom is -0.508 e. The molecule has 2 aliphatic rings. The van der Waals surface area contributed by atoms with Crippen molar-refractivity contribution < 1.29 is 34.4 Å². The molecular weight excluding hydrogens is 422 g/mol. The number of rotatable bonds is 2. The molecule has 9 heteroatoms. The van der Waals surface area contributed by atoms with Crippen LogP contribution in [0.25, 0.3) is 0 Å². The van der Waals surface area contributed by atoms with Gasteiger partial charge < -0.3 is 24.8 Å². The Morgan fingerprint density at radius 3 is 2.10 bits per heavy atom. The van der Waals surface area contributed by atoms with Crippen molar-refractivity contribution in [2.45, 2.75) is 5.60 Å². The number of fused-ring (bicyclic) bond motifs is 6. The van der Waals surface area contributed by atoms with Gasteiger partial charge in [0.2, 0.25) is 0 Å². The molecule has 3 aromatic rings. The van der Waals surface area contributed by atoms with Gasteiger partial charge in [0.1, 0.15) is 28.6 Å². The fourth-order valence-electron chi connectivity index (χ4n) is 4.14. The highest BCUT2D eigenvalue weighted by Crippen LogP contribution is 2.57. The summed E-state index contributed by atoms with van der Waals surface area (Å²) in [4.78, 5) is 28.9. The first-order valence-electron chi connectivity index (χ1n) is 8.93. The number of hydrogen-bond donors (Lipinski definition) is 3. The van der Waals surface area contributed by atoms with Crippen LogP contribution in [-0.2, 0) is 10.3 Å². The van der Waals surface area contributed by atoms with Crippen LogP contribution in [0.3, 0.4) is 0 Å². The molecule has 5 rings (SSSR count). The molecule has 2 aliphatic heterocycles. The van der Waals surface area contributed by atoms with Crippen LogP contribution in [0.15, 0.2) is 53.5 Å². The van der Waals surface area contributed by atoms with E-state index in [4.69, 9.17) is 9.47 Å². The smallest absolute Gasteiger partial charge is 0.341 e. The Morgan fingerprint density at radius 2 is 1.55 bits per heavy atom. The van der Waals surface area contributed by atoms with Gasteiger partial charge in [0, 0.05) is 28.8 Å². The third-order valence-corrected chi connectivity index (χ3v) is 5.39. The third kappa shape index (κ3) is 2.48. The monoisotopic (exact) mass is 433 g/mol. The number of isothiocyanates is 1. The number of benzene rings is 3. The summed E-state index contributed by atoms with van der Waals surface area (Å²) in [6.45, 7) is 0. The average Bonchev–Trinajstić information content (AvgIpc) is 3.00. The number of aliphatic imine (C=N–C) groups is 1. The van der Waals surface area contributed by atoms with Crippen molar-refractivity contribution in [3.63, 3.8) is 0 Å². The molecule has 0 fully saturated rings. The van der Waals surface area contributed by atoms with Gasteiger partial charge in [-0.1, -0.05) is 6.07 Å². The molecule has 0 unspecified atom stereocenters. The van der Waals surface area contributed by atoms with Crippen LogP contribution < -0.4 is 4.74 Å². The number of esters is 1. The van der Waals surface area contributed by atoms with Crippen LogP contribution in [0.2, 0.25) is 0 Å². The van der Waals surface area contributed by atoms with Gasteiger partial charge in [0.05, 0.1) is 16.4 Å². The molecule has 8 nitrogen and oxygen atoms in total. The summed E-state index contributed by atoms with van der Waals surface area (Å²) in [7, 11) is 0. The van der Waals surface area contributed by atoms with E-state index in [2.05, 4.69) is 22.4 Å². The molecule has 0 radical (unpaired) electrons. The summed E-state index contributed by atoms with van der Waals surface area (Å²) in [5, 5.41) is 31.8. The topological polar surface area (TPSA) is 126 Å². The Labute approximate surface area is 179 Å². The first-order valence-corrected chi connectivity index (χ1v) is 9.34. The zero-order valence-corrected chi connectivity index (χ0v) is 16.3. The molecule has 0 saturated carbocycles. The first-order chi connectivity index (χ1) is 14.9. The lowest BCUT2D eigenvalue weighted by atomic mass is 9.77. The van der Waals surface area contributed by atoms with Crippen molar-refractivity contribution in [1.29, 1.82) is 0 Å². The van der Waals surface area contributed by atoms with Crippen LogP contribution in [0.1, 0.15) is 37.4 Å². The summed E-state index contributed by atoms with van der Waals surface area (Å²) >= 11 is 4.60. The largest absolute Gasteiger partial charge is 0.508 e. The number of ether oxygens (including phenoxy) is 2. The zero-order valence-electron chi connectivity index (χ0n) is 15.4. The molecule has 2 heterocycles. The maximum absolute atomic E-state index is 13.1. The van der Waals surface area contributed by atoms with Crippen LogP contribution >= 0.6 is 12.2 Å². The third-order valence-electron chi connectivity index (χ3n) is 5.30. The minimum atomic E-state index is -1.55. The normalized spacial score (nSPS) is 14.5. The molecule has 0 atom stereocenters. The van der Waals surface area contributed by atoms with Gasteiger partial charge in [-0.05, 0) is 42.5 Å². The Morgan fingerprint density at radius 1 is 0.968 bits per heavy atom. The number of thiocarbonyl (C=S) groups is 1. The predicted molar refractivity (Wildman–Crippen MR) is 110 cm³/mol. The summed E-state index contributed by atoms with van der Waals surface area (Å²) in [6.07, 6.45) is 0. The van der Waals surface area contributed by atoms with Crippen molar-refractivity contribution in [3.8, 4) is 23.0 Å². The summed E-state index contributed by atoms with van der Waals surface area (Å²) < 4.78 is 11.7. The first kappa shape index (κ1) is 18.8. The van der Waals surface area contributed by atoms with Gasteiger partial charge in [0.15, 0.2) is 5.60 Å². The quantitative estimate of drug-likeness (QED) is 0.313. The van der Waals surface area contributed by atoms with E-state index in [0.29, 0.717) is 11.1 Å². The highest BCUT2D eigenvalue weighted by atomic mass is 32.1. The predicted octanol–water partition coefficient (Wildman–Crippen LogP) is 4.10. The Bertz CT molecular complexity index is 1320. The molecule has 1 spiro atoms. The van der Waals surface area contributed by atoms with E-state index in [9.17, 15) is 24.9 Å². The second-order valence-electron chi connectivity index (χ2n) is 6.92. The van der Waals surface area contributed by atoms with Gasteiger partial charge in [-0.2, -0.15) is 4.99 Å². The number of hydrogen-bond acceptors (Lipinski definition) is 8. The van der Waals surface area contributed by atoms with Crippen molar-refractivity contribution in [1.82, 2.24) is 0 Å². The molecule has 152 valence electrons. The van der Waals surface area contributed by atoms with Gasteiger partial charge in [-0.3, -0.25) is 0 Å². The second kappa shape index (κ2) is 6.40. The molecule has 0 saturated heterocycles. The van der Waals surface area contributed by atoms with Gasteiger partial charge >= 0.3 is 11.9 Å². The summed E-state index contributed by atoms with van der Waals surface area (Å²) in [5.74, 6) is -2.03. The van der Waals surface area contributed by atoms with Crippen molar-refractivity contribution >= 4 is 35.0 Å². The number of carboxylic acids is 1. The number of nitrogens with zero attached hydrogens (tertiary/aromatic N) is 1. The summed E-state index contributed by atoms with van der Waals surface area (Å²) in [6, 6.07) is 11.5.